The largest absolute Gasteiger partial charge is 0.353 e. The summed E-state index contributed by atoms with van der Waals surface area (Å²) in [6.07, 6.45) is 5.52. The molecule has 0 amide bonds. The Balaban J connectivity index is 2.05. The zero-order chi connectivity index (χ0) is 11.4. The van der Waals surface area contributed by atoms with Crippen molar-refractivity contribution in [3.63, 3.8) is 0 Å². The monoisotopic (exact) mass is 282 g/mol. The predicted octanol–water partition coefficient (Wildman–Crippen LogP) is 3.09. The highest BCUT2D eigenvalue weighted by molar-refractivity contribution is 9.10. The smallest absolute Gasteiger partial charge is 0.243 e. The molecule has 0 saturated heterocycles. The molecule has 0 unspecified atom stereocenters. The van der Waals surface area contributed by atoms with Crippen LogP contribution in [0.4, 0.5) is 5.95 Å². The van der Waals surface area contributed by atoms with Gasteiger partial charge in [0.1, 0.15) is 0 Å². The van der Waals surface area contributed by atoms with E-state index in [0.29, 0.717) is 5.95 Å². The number of pyridine rings is 1. The summed E-state index contributed by atoms with van der Waals surface area (Å²) in [5.41, 5.74) is 0.848. The number of fused-ring (bicyclic) bond motifs is 1. The summed E-state index contributed by atoms with van der Waals surface area (Å²) in [4.78, 5) is 4.40. The van der Waals surface area contributed by atoms with Crippen LogP contribution in [-0.2, 0) is 0 Å². The van der Waals surface area contributed by atoms with Crippen molar-refractivity contribution >= 4 is 27.5 Å². The molecular weight excluding hydrogens is 268 g/mol. The molecule has 2 rings (SSSR count). The molecule has 16 heavy (non-hydrogen) atoms. The maximum Gasteiger partial charge on any atom is 0.243 e. The molecule has 0 bridgehead atoms. The number of hydrogen-bond acceptors (Lipinski definition) is 3. The number of halogens is 1. The second-order valence-corrected chi connectivity index (χ2v) is 4.55. The minimum atomic E-state index is 0.697. The SMILES string of the molecule is CCCCCNc1nc2c(Br)cccn2n1. The van der Waals surface area contributed by atoms with Crippen molar-refractivity contribution < 1.29 is 0 Å². The Morgan fingerprint density at radius 1 is 1.44 bits per heavy atom. The fraction of sp³-hybridized carbons (Fsp3) is 0.455. The number of hydrogen-bond donors (Lipinski definition) is 1. The van der Waals surface area contributed by atoms with E-state index in [0.717, 1.165) is 23.1 Å². The van der Waals surface area contributed by atoms with Crippen LogP contribution in [0.3, 0.4) is 0 Å². The lowest BCUT2D eigenvalue weighted by Gasteiger charge is -1.98. The van der Waals surface area contributed by atoms with Gasteiger partial charge in [-0.15, -0.1) is 5.10 Å². The van der Waals surface area contributed by atoms with Crippen molar-refractivity contribution in [1.29, 1.82) is 0 Å². The van der Waals surface area contributed by atoms with Gasteiger partial charge in [0.15, 0.2) is 5.65 Å². The quantitative estimate of drug-likeness (QED) is 0.857. The molecule has 2 aromatic heterocycles. The number of nitrogens with one attached hydrogen (secondary N) is 1. The normalized spacial score (nSPS) is 10.9. The molecule has 0 atom stereocenters. The van der Waals surface area contributed by atoms with Crippen molar-refractivity contribution in [2.24, 2.45) is 0 Å². The van der Waals surface area contributed by atoms with E-state index < -0.39 is 0 Å². The Hall–Kier alpha value is -1.10. The molecule has 0 aliphatic rings. The molecule has 0 radical (unpaired) electrons. The van der Waals surface area contributed by atoms with Crippen LogP contribution >= 0.6 is 15.9 Å². The Morgan fingerprint density at radius 3 is 3.06 bits per heavy atom. The molecule has 0 spiro atoms. The second kappa shape index (κ2) is 5.30. The molecular formula is C11H15BrN4. The van der Waals surface area contributed by atoms with Crippen molar-refractivity contribution in [3.05, 3.63) is 22.8 Å². The maximum atomic E-state index is 4.40. The first-order valence-electron chi connectivity index (χ1n) is 5.56. The highest BCUT2D eigenvalue weighted by Crippen LogP contribution is 2.16. The zero-order valence-electron chi connectivity index (χ0n) is 9.28. The lowest BCUT2D eigenvalue weighted by molar-refractivity contribution is 0.740. The van der Waals surface area contributed by atoms with Gasteiger partial charge < -0.3 is 5.32 Å². The molecule has 0 saturated carbocycles. The molecule has 4 nitrogen and oxygen atoms in total. The van der Waals surface area contributed by atoms with Crippen LogP contribution in [0.5, 0.6) is 0 Å². The molecule has 1 N–H and O–H groups in total. The van der Waals surface area contributed by atoms with Crippen molar-refractivity contribution in [2.45, 2.75) is 26.2 Å². The van der Waals surface area contributed by atoms with Gasteiger partial charge >= 0.3 is 0 Å². The van der Waals surface area contributed by atoms with Gasteiger partial charge in [-0.2, -0.15) is 4.98 Å². The fourth-order valence-electron chi connectivity index (χ4n) is 1.52. The Labute approximate surface area is 103 Å². The maximum absolute atomic E-state index is 4.40. The lowest BCUT2D eigenvalue weighted by Crippen LogP contribution is -2.02. The molecule has 2 aromatic rings. The van der Waals surface area contributed by atoms with Crippen LogP contribution in [0.25, 0.3) is 5.65 Å². The molecule has 2 heterocycles. The van der Waals surface area contributed by atoms with E-state index in [2.05, 4.69) is 38.3 Å². The first kappa shape index (κ1) is 11.4. The van der Waals surface area contributed by atoms with E-state index in [4.69, 9.17) is 0 Å². The van der Waals surface area contributed by atoms with Crippen LogP contribution in [0, 0.1) is 0 Å². The number of aromatic nitrogens is 3. The third-order valence-corrected chi connectivity index (χ3v) is 3.00. The highest BCUT2D eigenvalue weighted by Gasteiger charge is 2.04. The highest BCUT2D eigenvalue weighted by atomic mass is 79.9. The van der Waals surface area contributed by atoms with Crippen molar-refractivity contribution in [3.8, 4) is 0 Å². The molecule has 0 aliphatic carbocycles. The van der Waals surface area contributed by atoms with E-state index in [1.165, 1.54) is 12.8 Å². The standard InChI is InChI=1S/C11H15BrN4/c1-2-3-4-7-13-11-14-10-9(12)6-5-8-16(10)15-11/h5-6,8H,2-4,7H2,1H3,(H,13,15). The third-order valence-electron chi connectivity index (χ3n) is 2.38. The Bertz CT molecular complexity index is 466. The minimum absolute atomic E-state index is 0.697. The van der Waals surface area contributed by atoms with Crippen LogP contribution in [0.1, 0.15) is 26.2 Å². The van der Waals surface area contributed by atoms with Crippen molar-refractivity contribution in [1.82, 2.24) is 14.6 Å². The van der Waals surface area contributed by atoms with Gasteiger partial charge in [0, 0.05) is 12.7 Å². The Kier molecular flexibility index (Phi) is 3.77. The van der Waals surface area contributed by atoms with Gasteiger partial charge in [-0.1, -0.05) is 19.8 Å². The number of unbranched alkanes of at least 4 members (excludes halogenated alkanes) is 2. The molecule has 0 fully saturated rings. The van der Waals surface area contributed by atoms with E-state index >= 15 is 0 Å². The third kappa shape index (κ3) is 2.52. The van der Waals surface area contributed by atoms with E-state index in [1.807, 2.05) is 18.3 Å². The van der Waals surface area contributed by atoms with Crippen molar-refractivity contribution in [2.75, 3.05) is 11.9 Å². The average Bonchev–Trinajstić information content (AvgIpc) is 2.69. The van der Waals surface area contributed by atoms with Gasteiger partial charge in [0.25, 0.3) is 0 Å². The predicted molar refractivity (Wildman–Crippen MR) is 68.7 cm³/mol. The summed E-state index contributed by atoms with van der Waals surface area (Å²) in [5, 5.41) is 7.57. The summed E-state index contributed by atoms with van der Waals surface area (Å²) in [6, 6.07) is 3.90. The van der Waals surface area contributed by atoms with E-state index in [1.54, 1.807) is 4.52 Å². The van der Waals surface area contributed by atoms with Crippen LogP contribution in [0.15, 0.2) is 22.8 Å². The minimum Gasteiger partial charge on any atom is -0.353 e. The number of rotatable bonds is 5. The lowest BCUT2D eigenvalue weighted by atomic mass is 10.2. The van der Waals surface area contributed by atoms with Gasteiger partial charge in [-0.05, 0) is 34.5 Å². The Morgan fingerprint density at radius 2 is 2.31 bits per heavy atom. The zero-order valence-corrected chi connectivity index (χ0v) is 10.9. The first-order valence-corrected chi connectivity index (χ1v) is 6.35. The van der Waals surface area contributed by atoms with Gasteiger partial charge in [0.2, 0.25) is 5.95 Å². The number of nitrogens with zero attached hydrogens (tertiary/aromatic N) is 3. The summed E-state index contributed by atoms with van der Waals surface area (Å²) >= 11 is 3.45. The average molecular weight is 283 g/mol. The van der Waals surface area contributed by atoms with Gasteiger partial charge in [0.05, 0.1) is 4.47 Å². The summed E-state index contributed by atoms with van der Waals surface area (Å²) in [5.74, 6) is 0.697. The van der Waals surface area contributed by atoms with Gasteiger partial charge in [-0.3, -0.25) is 0 Å². The van der Waals surface area contributed by atoms with Crippen LogP contribution in [0.2, 0.25) is 0 Å². The first-order chi connectivity index (χ1) is 7.81. The molecule has 5 heteroatoms. The van der Waals surface area contributed by atoms with E-state index in [-0.39, 0.29) is 0 Å². The molecule has 0 aliphatic heterocycles. The van der Waals surface area contributed by atoms with Gasteiger partial charge in [-0.25, -0.2) is 4.52 Å². The van der Waals surface area contributed by atoms with Crippen LogP contribution < -0.4 is 5.32 Å². The summed E-state index contributed by atoms with van der Waals surface area (Å²) in [6.45, 7) is 3.13. The fourth-order valence-corrected chi connectivity index (χ4v) is 1.95. The second-order valence-electron chi connectivity index (χ2n) is 3.69. The molecule has 0 aromatic carbocycles. The summed E-state index contributed by atoms with van der Waals surface area (Å²) < 4.78 is 2.73. The van der Waals surface area contributed by atoms with Crippen LogP contribution in [-0.4, -0.2) is 21.1 Å². The van der Waals surface area contributed by atoms with E-state index in [9.17, 15) is 0 Å². The number of anilines is 1. The topological polar surface area (TPSA) is 42.2 Å². The molecule has 86 valence electrons. The summed E-state index contributed by atoms with van der Waals surface area (Å²) in [7, 11) is 0.